The summed E-state index contributed by atoms with van der Waals surface area (Å²) in [7, 11) is 0. The van der Waals surface area contributed by atoms with Gasteiger partial charge in [0.05, 0.1) is 0 Å². The average molecular weight is 397 g/mol. The van der Waals surface area contributed by atoms with Crippen molar-refractivity contribution in [3.8, 4) is 0 Å². The van der Waals surface area contributed by atoms with Crippen LogP contribution in [0.1, 0.15) is 37.8 Å². The van der Waals surface area contributed by atoms with Crippen molar-refractivity contribution < 1.29 is 14.0 Å². The lowest BCUT2D eigenvalue weighted by atomic mass is 9.79. The number of benzene rings is 2. The highest BCUT2D eigenvalue weighted by atomic mass is 19.1. The number of likely N-dealkylation sites (tertiary alicyclic amines) is 1. The predicted molar refractivity (Wildman–Crippen MR) is 112 cm³/mol. The number of nitrogens with one attached hydrogen (secondary N) is 2. The number of aryl methyl sites for hydroxylation is 1. The molecule has 3 rings (SSSR count). The Kier molecular flexibility index (Phi) is 6.52. The smallest absolute Gasteiger partial charge is 0.321 e. The van der Waals surface area contributed by atoms with Crippen LogP contribution < -0.4 is 10.6 Å². The van der Waals surface area contributed by atoms with Gasteiger partial charge in [0.15, 0.2) is 0 Å². The fourth-order valence-electron chi connectivity index (χ4n) is 3.45. The Balaban J connectivity index is 1.49. The first-order valence-corrected chi connectivity index (χ1v) is 10.1. The summed E-state index contributed by atoms with van der Waals surface area (Å²) in [5, 5.41) is 5.87. The molecule has 0 saturated carbocycles. The highest BCUT2D eigenvalue weighted by Crippen LogP contribution is 2.31. The molecule has 154 valence electrons. The molecule has 2 aromatic carbocycles. The molecule has 6 heteroatoms. The maximum atomic E-state index is 13.0. The monoisotopic (exact) mass is 397 g/mol. The minimum Gasteiger partial charge on any atom is -0.352 e. The summed E-state index contributed by atoms with van der Waals surface area (Å²) in [6.07, 6.45) is 2.16. The largest absolute Gasteiger partial charge is 0.352 e. The minimum absolute atomic E-state index is 0.0305. The Morgan fingerprint density at radius 2 is 1.59 bits per heavy atom. The average Bonchev–Trinajstić information content (AvgIpc) is 2.74. The molecule has 0 unspecified atom stereocenters. The van der Waals surface area contributed by atoms with Crippen molar-refractivity contribution in [3.05, 3.63) is 65.5 Å². The topological polar surface area (TPSA) is 61.4 Å². The second-order valence-corrected chi connectivity index (χ2v) is 7.84. The van der Waals surface area contributed by atoms with Gasteiger partial charge in [0.25, 0.3) is 0 Å². The fraction of sp³-hybridized carbons (Fsp3) is 0.391. The van der Waals surface area contributed by atoms with E-state index >= 15 is 0 Å². The van der Waals surface area contributed by atoms with Crippen LogP contribution in [0.5, 0.6) is 0 Å². The Morgan fingerprint density at radius 3 is 2.17 bits per heavy atom. The summed E-state index contributed by atoms with van der Waals surface area (Å²) in [5.74, 6) is -0.323. The van der Waals surface area contributed by atoms with Gasteiger partial charge in [-0.25, -0.2) is 9.18 Å². The number of hydrogen-bond donors (Lipinski definition) is 2. The van der Waals surface area contributed by atoms with Crippen LogP contribution in [0.15, 0.2) is 48.5 Å². The van der Waals surface area contributed by atoms with Gasteiger partial charge in [-0.2, -0.15) is 0 Å². The third kappa shape index (κ3) is 5.34. The lowest BCUT2D eigenvalue weighted by molar-refractivity contribution is -0.132. The van der Waals surface area contributed by atoms with Gasteiger partial charge in [-0.3, -0.25) is 4.79 Å². The highest BCUT2D eigenvalue weighted by molar-refractivity contribution is 5.90. The Labute approximate surface area is 171 Å². The van der Waals surface area contributed by atoms with Gasteiger partial charge >= 0.3 is 6.03 Å². The van der Waals surface area contributed by atoms with E-state index in [1.807, 2.05) is 31.2 Å². The Bertz CT molecular complexity index is 841. The zero-order valence-electron chi connectivity index (χ0n) is 17.0. The summed E-state index contributed by atoms with van der Waals surface area (Å²) < 4.78 is 13.0. The van der Waals surface area contributed by atoms with Crippen LogP contribution in [0.2, 0.25) is 0 Å². The number of urea groups is 1. The first kappa shape index (κ1) is 20.8. The van der Waals surface area contributed by atoms with E-state index in [9.17, 15) is 14.0 Å². The summed E-state index contributed by atoms with van der Waals surface area (Å²) in [4.78, 5) is 27.0. The van der Waals surface area contributed by atoms with Crippen LogP contribution in [-0.2, 0) is 17.8 Å². The molecule has 2 aromatic rings. The van der Waals surface area contributed by atoms with Crippen LogP contribution in [0.3, 0.4) is 0 Å². The molecule has 0 aliphatic carbocycles. The van der Waals surface area contributed by atoms with Gasteiger partial charge < -0.3 is 15.5 Å². The molecule has 1 fully saturated rings. The molecule has 0 aromatic heterocycles. The van der Waals surface area contributed by atoms with E-state index in [-0.39, 0.29) is 17.8 Å². The standard InChI is InChI=1S/C23H28FN3O2/c1-3-17-6-10-20(11-7-17)26-22(29)27-14-12-23(2,13-15-27)21(28)25-16-18-4-8-19(24)9-5-18/h4-11H,3,12-16H2,1-2H3,(H,25,28)(H,26,29). The molecular weight excluding hydrogens is 369 g/mol. The molecule has 0 radical (unpaired) electrons. The number of anilines is 1. The van der Waals surface area contributed by atoms with Crippen molar-refractivity contribution in [2.75, 3.05) is 18.4 Å². The van der Waals surface area contributed by atoms with Gasteiger partial charge in [0, 0.05) is 30.7 Å². The molecule has 5 nitrogen and oxygen atoms in total. The second kappa shape index (κ2) is 9.07. The molecular formula is C23H28FN3O2. The summed E-state index contributed by atoms with van der Waals surface area (Å²) >= 11 is 0. The van der Waals surface area contributed by atoms with Gasteiger partial charge in [0.1, 0.15) is 5.82 Å². The molecule has 0 bridgehead atoms. The van der Waals surface area contributed by atoms with Crippen molar-refractivity contribution >= 4 is 17.6 Å². The van der Waals surface area contributed by atoms with Crippen molar-refractivity contribution in [1.29, 1.82) is 0 Å². The summed E-state index contributed by atoms with van der Waals surface area (Å²) in [6, 6.07) is 13.8. The quantitative estimate of drug-likeness (QED) is 0.788. The summed E-state index contributed by atoms with van der Waals surface area (Å²) in [5.41, 5.74) is 2.34. The maximum absolute atomic E-state index is 13.0. The second-order valence-electron chi connectivity index (χ2n) is 7.84. The van der Waals surface area contributed by atoms with E-state index in [0.717, 1.165) is 17.7 Å². The zero-order chi connectivity index (χ0) is 20.9. The third-order valence-corrected chi connectivity index (χ3v) is 5.68. The number of carbonyl (C=O) groups excluding carboxylic acids is 2. The minimum atomic E-state index is -0.514. The fourth-order valence-corrected chi connectivity index (χ4v) is 3.45. The van der Waals surface area contributed by atoms with Crippen molar-refractivity contribution in [3.63, 3.8) is 0 Å². The molecule has 0 spiro atoms. The number of hydrogen-bond acceptors (Lipinski definition) is 2. The molecule has 1 heterocycles. The van der Waals surface area contributed by atoms with E-state index in [1.54, 1.807) is 17.0 Å². The maximum Gasteiger partial charge on any atom is 0.321 e. The van der Waals surface area contributed by atoms with Gasteiger partial charge in [-0.05, 0) is 54.7 Å². The SMILES string of the molecule is CCc1ccc(NC(=O)N2CCC(C)(C(=O)NCc3ccc(F)cc3)CC2)cc1. The van der Waals surface area contributed by atoms with Gasteiger partial charge in [-0.1, -0.05) is 38.1 Å². The number of piperidine rings is 1. The number of rotatable bonds is 5. The Morgan fingerprint density at radius 1 is 1.00 bits per heavy atom. The number of nitrogens with zero attached hydrogens (tertiary/aromatic N) is 1. The van der Waals surface area contributed by atoms with Crippen LogP contribution in [0.4, 0.5) is 14.9 Å². The van der Waals surface area contributed by atoms with Crippen molar-refractivity contribution in [2.24, 2.45) is 5.41 Å². The third-order valence-electron chi connectivity index (χ3n) is 5.68. The molecule has 1 aliphatic heterocycles. The number of amides is 3. The van der Waals surface area contributed by atoms with Crippen LogP contribution in [0, 0.1) is 11.2 Å². The van der Waals surface area contributed by atoms with E-state index in [0.29, 0.717) is 32.5 Å². The molecule has 29 heavy (non-hydrogen) atoms. The molecule has 0 atom stereocenters. The molecule has 2 N–H and O–H groups in total. The van der Waals surface area contributed by atoms with E-state index in [2.05, 4.69) is 17.6 Å². The Hall–Kier alpha value is -2.89. The molecule has 3 amide bonds. The summed E-state index contributed by atoms with van der Waals surface area (Å²) in [6.45, 7) is 5.45. The predicted octanol–water partition coefficient (Wildman–Crippen LogP) is 4.34. The number of halogens is 1. The van der Waals surface area contributed by atoms with Crippen molar-refractivity contribution in [2.45, 2.75) is 39.7 Å². The van der Waals surface area contributed by atoms with Crippen LogP contribution in [0.25, 0.3) is 0 Å². The van der Waals surface area contributed by atoms with Crippen molar-refractivity contribution in [1.82, 2.24) is 10.2 Å². The highest BCUT2D eigenvalue weighted by Gasteiger charge is 2.37. The van der Waals surface area contributed by atoms with Gasteiger partial charge in [0.2, 0.25) is 5.91 Å². The first-order chi connectivity index (χ1) is 13.9. The first-order valence-electron chi connectivity index (χ1n) is 10.1. The van der Waals surface area contributed by atoms with Gasteiger partial charge in [-0.15, -0.1) is 0 Å². The molecule has 1 saturated heterocycles. The lowest BCUT2D eigenvalue weighted by Gasteiger charge is -2.38. The zero-order valence-corrected chi connectivity index (χ0v) is 17.0. The number of carbonyl (C=O) groups is 2. The van der Waals surface area contributed by atoms with E-state index in [1.165, 1.54) is 17.7 Å². The van der Waals surface area contributed by atoms with Crippen LogP contribution >= 0.6 is 0 Å². The van der Waals surface area contributed by atoms with Crippen LogP contribution in [-0.4, -0.2) is 29.9 Å². The van der Waals surface area contributed by atoms with E-state index < -0.39 is 5.41 Å². The normalized spacial score (nSPS) is 15.6. The van der Waals surface area contributed by atoms with E-state index in [4.69, 9.17) is 0 Å². The molecule has 1 aliphatic rings. The lowest BCUT2D eigenvalue weighted by Crippen LogP contribution is -2.49.